The maximum Gasteiger partial charge on any atom is 0.332 e. The van der Waals surface area contributed by atoms with E-state index < -0.39 is 0 Å². The van der Waals surface area contributed by atoms with Gasteiger partial charge in [-0.05, 0) is 24.8 Å². The van der Waals surface area contributed by atoms with Crippen molar-refractivity contribution < 1.29 is 0 Å². The second-order valence-electron chi connectivity index (χ2n) is 5.27. The highest BCUT2D eigenvalue weighted by atomic mass is 16.2. The number of anilines is 1. The Labute approximate surface area is 120 Å². The quantitative estimate of drug-likeness (QED) is 0.557. The van der Waals surface area contributed by atoms with Gasteiger partial charge in [-0.1, -0.05) is 0 Å². The molecule has 0 bridgehead atoms. The summed E-state index contributed by atoms with van der Waals surface area (Å²) in [6, 6.07) is 3.17. The Kier molecular flexibility index (Phi) is 3.61. The molecule has 112 valence electrons. The molecule has 3 N–H and O–H groups in total. The van der Waals surface area contributed by atoms with Gasteiger partial charge < -0.3 is 5.43 Å². The lowest BCUT2D eigenvalue weighted by atomic mass is 10.4. The predicted molar refractivity (Wildman–Crippen MR) is 77.7 cm³/mol. The molecule has 0 unspecified atom stereocenters. The third-order valence-corrected chi connectivity index (χ3v) is 3.68. The number of aromatic nitrogens is 4. The van der Waals surface area contributed by atoms with Crippen LogP contribution in [0.2, 0.25) is 0 Å². The van der Waals surface area contributed by atoms with Gasteiger partial charge in [0.15, 0.2) is 0 Å². The minimum absolute atomic E-state index is 0.287. The lowest BCUT2D eigenvalue weighted by Crippen LogP contribution is -2.42. The van der Waals surface area contributed by atoms with Crippen molar-refractivity contribution >= 4 is 5.82 Å². The van der Waals surface area contributed by atoms with Crippen LogP contribution in [-0.4, -0.2) is 18.9 Å². The Morgan fingerprint density at radius 1 is 1.29 bits per heavy atom. The van der Waals surface area contributed by atoms with Crippen LogP contribution in [0.4, 0.5) is 5.82 Å². The Hall–Kier alpha value is -2.35. The van der Waals surface area contributed by atoms with Crippen LogP contribution in [-0.2, 0) is 19.6 Å². The van der Waals surface area contributed by atoms with E-state index in [9.17, 15) is 9.59 Å². The number of hydrogen-bond acceptors (Lipinski definition) is 5. The van der Waals surface area contributed by atoms with Crippen molar-refractivity contribution in [3.63, 3.8) is 0 Å². The van der Waals surface area contributed by atoms with Crippen molar-refractivity contribution in [1.82, 2.24) is 18.9 Å². The van der Waals surface area contributed by atoms with E-state index in [-0.39, 0.29) is 17.8 Å². The number of nitrogen functional groups attached to an aromatic ring is 1. The van der Waals surface area contributed by atoms with Gasteiger partial charge in [0.2, 0.25) is 0 Å². The number of nitrogens with zero attached hydrogens (tertiary/aromatic N) is 4. The highest BCUT2D eigenvalue weighted by molar-refractivity contribution is 5.32. The topological polar surface area (TPSA) is 99.9 Å². The summed E-state index contributed by atoms with van der Waals surface area (Å²) >= 11 is 0. The lowest BCUT2D eigenvalue weighted by molar-refractivity contribution is 0.478. The molecule has 0 radical (unpaired) electrons. The molecule has 0 aliphatic heterocycles. The summed E-state index contributed by atoms with van der Waals surface area (Å²) in [7, 11) is 0. The van der Waals surface area contributed by atoms with Crippen LogP contribution in [0.3, 0.4) is 0 Å². The Morgan fingerprint density at radius 2 is 2.10 bits per heavy atom. The smallest absolute Gasteiger partial charge is 0.310 e. The molecule has 0 aromatic carbocycles. The van der Waals surface area contributed by atoms with E-state index in [1.54, 1.807) is 27.7 Å². The second-order valence-corrected chi connectivity index (χ2v) is 5.27. The molecule has 2 aromatic heterocycles. The van der Waals surface area contributed by atoms with Gasteiger partial charge in [-0.15, -0.1) is 0 Å². The third-order valence-electron chi connectivity index (χ3n) is 3.68. The first kappa shape index (κ1) is 13.6. The maximum atomic E-state index is 12.5. The molecule has 8 nitrogen and oxygen atoms in total. The minimum atomic E-state index is -0.354. The highest BCUT2D eigenvalue weighted by Gasteiger charge is 2.24. The van der Waals surface area contributed by atoms with E-state index in [0.717, 1.165) is 12.8 Å². The second kappa shape index (κ2) is 5.57. The summed E-state index contributed by atoms with van der Waals surface area (Å²) in [5.41, 5.74) is 1.76. The zero-order chi connectivity index (χ0) is 14.8. The van der Waals surface area contributed by atoms with Crippen molar-refractivity contribution in [2.24, 2.45) is 11.8 Å². The standard InChI is InChI=1S/C13H18N6O2/c14-16-11-8-12(20)18(7-6-17-5-1-4-15-17)13(21)19(11)9-10-2-3-10/h1,4-5,8,10,16H,2-3,6-7,9,14H2. The first-order valence-corrected chi connectivity index (χ1v) is 6.98. The van der Waals surface area contributed by atoms with E-state index in [4.69, 9.17) is 5.84 Å². The van der Waals surface area contributed by atoms with E-state index in [0.29, 0.717) is 24.8 Å². The Balaban J connectivity index is 1.91. The van der Waals surface area contributed by atoms with Gasteiger partial charge in [0.25, 0.3) is 5.56 Å². The number of hydrogen-bond donors (Lipinski definition) is 2. The van der Waals surface area contributed by atoms with Crippen LogP contribution in [0, 0.1) is 5.92 Å². The Bertz CT molecular complexity index is 726. The van der Waals surface area contributed by atoms with E-state index >= 15 is 0 Å². The summed E-state index contributed by atoms with van der Waals surface area (Å²) < 4.78 is 4.46. The number of hydrazine groups is 1. The summed E-state index contributed by atoms with van der Waals surface area (Å²) in [5, 5.41) is 4.07. The third kappa shape index (κ3) is 2.89. The Morgan fingerprint density at radius 3 is 2.71 bits per heavy atom. The van der Waals surface area contributed by atoms with E-state index in [1.165, 1.54) is 10.6 Å². The zero-order valence-corrected chi connectivity index (χ0v) is 11.6. The monoisotopic (exact) mass is 290 g/mol. The first-order chi connectivity index (χ1) is 10.2. The predicted octanol–water partition coefficient (Wildman–Crippen LogP) is -0.398. The first-order valence-electron chi connectivity index (χ1n) is 6.98. The molecule has 2 heterocycles. The number of nitrogens with two attached hydrogens (primary N) is 1. The molecular weight excluding hydrogens is 272 g/mol. The van der Waals surface area contributed by atoms with Crippen molar-refractivity contribution in [2.45, 2.75) is 32.5 Å². The summed E-state index contributed by atoms with van der Waals surface area (Å²) in [4.78, 5) is 24.6. The molecule has 3 rings (SSSR count). The number of nitrogens with one attached hydrogen (secondary N) is 1. The van der Waals surface area contributed by atoms with Gasteiger partial charge >= 0.3 is 5.69 Å². The molecule has 21 heavy (non-hydrogen) atoms. The fourth-order valence-electron chi connectivity index (χ4n) is 2.31. The molecule has 8 heteroatoms. The van der Waals surface area contributed by atoms with Crippen molar-refractivity contribution in [1.29, 1.82) is 0 Å². The number of aryl methyl sites for hydroxylation is 1. The average Bonchev–Trinajstić information content (AvgIpc) is 3.14. The van der Waals surface area contributed by atoms with Gasteiger partial charge in [0, 0.05) is 25.0 Å². The molecule has 0 spiro atoms. The number of rotatable bonds is 6. The van der Waals surface area contributed by atoms with Crippen LogP contribution in [0.15, 0.2) is 34.1 Å². The molecule has 2 aromatic rings. The van der Waals surface area contributed by atoms with E-state index in [2.05, 4.69) is 10.5 Å². The van der Waals surface area contributed by atoms with Crippen molar-refractivity contribution in [3.8, 4) is 0 Å². The van der Waals surface area contributed by atoms with Crippen LogP contribution < -0.4 is 22.5 Å². The normalized spacial score (nSPS) is 14.3. The molecule has 0 amide bonds. The van der Waals surface area contributed by atoms with Crippen LogP contribution in [0.1, 0.15) is 12.8 Å². The average molecular weight is 290 g/mol. The van der Waals surface area contributed by atoms with Gasteiger partial charge in [0.1, 0.15) is 5.82 Å². The zero-order valence-electron chi connectivity index (χ0n) is 11.6. The summed E-state index contributed by atoms with van der Waals surface area (Å²) in [5.74, 6) is 6.29. The molecule has 1 fully saturated rings. The van der Waals surface area contributed by atoms with Crippen LogP contribution in [0.25, 0.3) is 0 Å². The van der Waals surface area contributed by atoms with Gasteiger partial charge in [-0.2, -0.15) is 5.10 Å². The van der Waals surface area contributed by atoms with Crippen molar-refractivity contribution in [3.05, 3.63) is 45.4 Å². The SMILES string of the molecule is NNc1cc(=O)n(CCn2cccn2)c(=O)n1CC1CC1. The van der Waals surface area contributed by atoms with Gasteiger partial charge in [-0.25, -0.2) is 10.6 Å². The fraction of sp³-hybridized carbons (Fsp3) is 0.462. The van der Waals surface area contributed by atoms with Crippen LogP contribution in [0.5, 0.6) is 0 Å². The molecule has 1 aliphatic rings. The van der Waals surface area contributed by atoms with Gasteiger partial charge in [-0.3, -0.25) is 18.6 Å². The fourth-order valence-corrected chi connectivity index (χ4v) is 2.31. The molecule has 1 aliphatic carbocycles. The highest BCUT2D eigenvalue weighted by Crippen LogP contribution is 2.30. The lowest BCUT2D eigenvalue weighted by Gasteiger charge is -2.14. The molecule has 0 saturated heterocycles. The van der Waals surface area contributed by atoms with Gasteiger partial charge in [0.05, 0.1) is 13.1 Å². The van der Waals surface area contributed by atoms with E-state index in [1.807, 2.05) is 0 Å². The molecule has 1 saturated carbocycles. The summed E-state index contributed by atoms with van der Waals surface area (Å²) in [6.07, 6.45) is 5.69. The minimum Gasteiger partial charge on any atom is -0.310 e. The van der Waals surface area contributed by atoms with Crippen molar-refractivity contribution in [2.75, 3.05) is 5.43 Å². The van der Waals surface area contributed by atoms with Crippen LogP contribution >= 0.6 is 0 Å². The molecule has 0 atom stereocenters. The largest absolute Gasteiger partial charge is 0.332 e. The molecular formula is C13H18N6O2. The maximum absolute atomic E-state index is 12.5. The summed E-state index contributed by atoms with van der Waals surface area (Å²) in [6.45, 7) is 1.36.